The highest BCUT2D eigenvalue weighted by Gasteiger charge is 2.42. The van der Waals surface area contributed by atoms with E-state index in [-0.39, 0.29) is 11.7 Å². The number of fused-ring (bicyclic) bond motifs is 1. The predicted molar refractivity (Wildman–Crippen MR) is 129 cm³/mol. The summed E-state index contributed by atoms with van der Waals surface area (Å²) < 4.78 is 16.8. The number of ether oxygens (including phenoxy) is 3. The van der Waals surface area contributed by atoms with Crippen LogP contribution in [0.25, 0.3) is 11.3 Å². The van der Waals surface area contributed by atoms with Gasteiger partial charge in [-0.3, -0.25) is 9.89 Å². The van der Waals surface area contributed by atoms with Crippen LogP contribution in [0.3, 0.4) is 0 Å². The number of carbonyl (C=O) groups excluding carboxylic acids is 1. The van der Waals surface area contributed by atoms with Crippen LogP contribution in [0.15, 0.2) is 36.4 Å². The average Bonchev–Trinajstić information content (AvgIpc) is 3.36. The van der Waals surface area contributed by atoms with Crippen molar-refractivity contribution in [2.75, 3.05) is 33.5 Å². The molecule has 8 nitrogen and oxygen atoms in total. The Kier molecular flexibility index (Phi) is 7.07. The second-order valence-corrected chi connectivity index (χ2v) is 8.20. The molecular weight excluding hydrogens is 434 g/mol. The van der Waals surface area contributed by atoms with Gasteiger partial charge >= 0.3 is 0 Å². The molecule has 1 aliphatic rings. The van der Waals surface area contributed by atoms with E-state index in [0.29, 0.717) is 61.2 Å². The number of aromatic nitrogens is 2. The summed E-state index contributed by atoms with van der Waals surface area (Å²) in [6.45, 7) is 7.87. The van der Waals surface area contributed by atoms with E-state index in [1.165, 1.54) is 0 Å². The zero-order valence-electron chi connectivity index (χ0n) is 20.1. The van der Waals surface area contributed by atoms with Crippen LogP contribution in [0.1, 0.15) is 53.5 Å². The number of nitrogens with zero attached hydrogens (tertiary/aromatic N) is 2. The lowest BCUT2D eigenvalue weighted by atomic mass is 9.94. The van der Waals surface area contributed by atoms with Gasteiger partial charge < -0.3 is 24.2 Å². The number of amides is 1. The van der Waals surface area contributed by atoms with Gasteiger partial charge in [-0.1, -0.05) is 17.7 Å². The van der Waals surface area contributed by atoms with Crippen LogP contribution in [-0.4, -0.2) is 59.6 Å². The number of hydrogen-bond acceptors (Lipinski definition) is 6. The minimum Gasteiger partial charge on any atom is -0.507 e. The first-order chi connectivity index (χ1) is 16.5. The largest absolute Gasteiger partial charge is 0.507 e. The molecule has 2 N–H and O–H groups in total. The van der Waals surface area contributed by atoms with Gasteiger partial charge in [-0.2, -0.15) is 5.10 Å². The quantitative estimate of drug-likeness (QED) is 0.429. The minimum absolute atomic E-state index is 0.116. The van der Waals surface area contributed by atoms with Crippen molar-refractivity contribution in [2.24, 2.45) is 0 Å². The normalized spacial score (nSPS) is 15.0. The van der Waals surface area contributed by atoms with Crippen molar-refractivity contribution in [1.82, 2.24) is 15.1 Å². The summed E-state index contributed by atoms with van der Waals surface area (Å²) in [6.07, 6.45) is 0.691. The van der Waals surface area contributed by atoms with Gasteiger partial charge in [-0.25, -0.2) is 0 Å². The van der Waals surface area contributed by atoms with Gasteiger partial charge in [0.15, 0.2) is 11.5 Å². The molecule has 180 valence electrons. The van der Waals surface area contributed by atoms with Crippen LogP contribution in [-0.2, 0) is 4.74 Å². The molecule has 4 rings (SSSR count). The third-order valence-electron chi connectivity index (χ3n) is 5.90. The minimum atomic E-state index is -0.400. The van der Waals surface area contributed by atoms with E-state index in [9.17, 15) is 9.90 Å². The molecule has 2 aromatic carbocycles. The number of phenolic OH excluding ortho intramolecular Hbond substituents is 1. The van der Waals surface area contributed by atoms with Crippen molar-refractivity contribution in [2.45, 2.75) is 33.2 Å². The number of hydrogen-bond donors (Lipinski definition) is 2. The summed E-state index contributed by atoms with van der Waals surface area (Å²) in [4.78, 5) is 15.3. The maximum Gasteiger partial charge on any atom is 0.273 e. The Bertz CT molecular complexity index is 1170. The van der Waals surface area contributed by atoms with E-state index in [0.717, 1.165) is 16.7 Å². The van der Waals surface area contributed by atoms with E-state index in [4.69, 9.17) is 14.2 Å². The second-order valence-electron chi connectivity index (χ2n) is 8.20. The lowest BCUT2D eigenvalue weighted by Gasteiger charge is -2.27. The third-order valence-corrected chi connectivity index (χ3v) is 5.90. The molecule has 3 aromatic rings. The highest BCUT2D eigenvalue weighted by molar-refractivity contribution is 6.00. The molecule has 0 bridgehead atoms. The van der Waals surface area contributed by atoms with Crippen molar-refractivity contribution >= 4 is 5.91 Å². The highest BCUT2D eigenvalue weighted by Crippen LogP contribution is 2.46. The molecule has 1 atom stereocenters. The Labute approximate surface area is 199 Å². The SMILES string of the molecule is CCOc1ccc(C2c3c(-c4cc(C)ccc4O)n[nH]c3C(=O)N2CCCOC)cc1OCC. The zero-order valence-corrected chi connectivity index (χ0v) is 20.1. The lowest BCUT2D eigenvalue weighted by molar-refractivity contribution is 0.0723. The third kappa shape index (κ3) is 4.33. The van der Waals surface area contributed by atoms with Gasteiger partial charge in [0.05, 0.1) is 19.3 Å². The average molecular weight is 466 g/mol. The van der Waals surface area contributed by atoms with E-state index < -0.39 is 6.04 Å². The number of H-pyrrole nitrogens is 1. The molecule has 0 aliphatic carbocycles. The maximum absolute atomic E-state index is 13.4. The smallest absolute Gasteiger partial charge is 0.273 e. The molecule has 0 fully saturated rings. The molecule has 1 aromatic heterocycles. The Hall–Kier alpha value is -3.52. The fourth-order valence-corrected chi connectivity index (χ4v) is 4.44. The first-order valence-corrected chi connectivity index (χ1v) is 11.6. The van der Waals surface area contributed by atoms with Crippen molar-refractivity contribution in [1.29, 1.82) is 0 Å². The molecule has 2 heterocycles. The summed E-state index contributed by atoms with van der Waals surface area (Å²) in [5.41, 5.74) is 4.20. The number of aromatic hydroxyl groups is 1. The molecule has 0 saturated heterocycles. The number of methoxy groups -OCH3 is 1. The fourth-order valence-electron chi connectivity index (χ4n) is 4.44. The number of phenols is 1. The number of aryl methyl sites for hydroxylation is 1. The van der Waals surface area contributed by atoms with Crippen LogP contribution < -0.4 is 9.47 Å². The lowest BCUT2D eigenvalue weighted by Crippen LogP contribution is -2.31. The molecule has 0 radical (unpaired) electrons. The number of benzene rings is 2. The fraction of sp³-hybridized carbons (Fsp3) is 0.385. The zero-order chi connectivity index (χ0) is 24.2. The number of nitrogens with one attached hydrogen (secondary N) is 1. The van der Waals surface area contributed by atoms with Crippen molar-refractivity contribution in [3.05, 3.63) is 58.8 Å². The van der Waals surface area contributed by atoms with Gasteiger partial charge in [0.25, 0.3) is 5.91 Å². The molecule has 34 heavy (non-hydrogen) atoms. The first kappa shape index (κ1) is 23.6. The van der Waals surface area contributed by atoms with Crippen LogP contribution in [0.5, 0.6) is 17.2 Å². The summed E-state index contributed by atoms with van der Waals surface area (Å²) in [5.74, 6) is 1.27. The van der Waals surface area contributed by atoms with E-state index in [1.807, 2.05) is 56.0 Å². The second kappa shape index (κ2) is 10.2. The monoisotopic (exact) mass is 465 g/mol. The van der Waals surface area contributed by atoms with E-state index in [1.54, 1.807) is 13.2 Å². The maximum atomic E-state index is 13.4. The summed E-state index contributed by atoms with van der Waals surface area (Å²) in [6, 6.07) is 10.7. The van der Waals surface area contributed by atoms with Crippen LogP contribution >= 0.6 is 0 Å². The summed E-state index contributed by atoms with van der Waals surface area (Å²) >= 11 is 0. The Morgan fingerprint density at radius 3 is 2.59 bits per heavy atom. The Morgan fingerprint density at radius 2 is 1.85 bits per heavy atom. The van der Waals surface area contributed by atoms with E-state index in [2.05, 4.69) is 10.2 Å². The highest BCUT2D eigenvalue weighted by atomic mass is 16.5. The molecule has 1 amide bonds. The predicted octanol–water partition coefficient (Wildman–Crippen LogP) is 4.47. The van der Waals surface area contributed by atoms with Crippen molar-refractivity contribution in [3.63, 3.8) is 0 Å². The Morgan fingerprint density at radius 1 is 1.09 bits per heavy atom. The first-order valence-electron chi connectivity index (χ1n) is 11.6. The van der Waals surface area contributed by atoms with Crippen molar-refractivity contribution in [3.8, 4) is 28.5 Å². The molecule has 0 saturated carbocycles. The van der Waals surface area contributed by atoms with Crippen molar-refractivity contribution < 1.29 is 24.1 Å². The van der Waals surface area contributed by atoms with Gasteiger partial charge in [0.2, 0.25) is 0 Å². The van der Waals surface area contributed by atoms with Gasteiger partial charge in [0.1, 0.15) is 17.1 Å². The number of rotatable bonds is 10. The number of carbonyl (C=O) groups is 1. The molecule has 1 aliphatic heterocycles. The van der Waals surface area contributed by atoms with Crippen LogP contribution in [0.4, 0.5) is 0 Å². The molecular formula is C26H31N3O5. The topological polar surface area (TPSA) is 96.9 Å². The summed E-state index contributed by atoms with van der Waals surface area (Å²) in [5, 5.41) is 18.0. The number of aromatic amines is 1. The standard InChI is InChI=1S/C26H31N3O5/c1-5-33-20-11-9-17(15-21(20)34-6-2)25-22-23(18-14-16(3)8-10-19(18)30)27-28-24(22)26(31)29(25)12-7-13-32-4/h8-11,14-15,25,30H,5-7,12-13H2,1-4H3,(H,27,28). The molecule has 8 heteroatoms. The van der Waals surface area contributed by atoms with Gasteiger partial charge in [0, 0.05) is 31.4 Å². The van der Waals surface area contributed by atoms with Gasteiger partial charge in [-0.05, 0) is 57.0 Å². The summed E-state index contributed by atoms with van der Waals surface area (Å²) in [7, 11) is 1.65. The molecule has 0 spiro atoms. The van der Waals surface area contributed by atoms with E-state index >= 15 is 0 Å². The van der Waals surface area contributed by atoms with Crippen LogP contribution in [0, 0.1) is 6.92 Å². The molecule has 1 unspecified atom stereocenters. The van der Waals surface area contributed by atoms with Gasteiger partial charge in [-0.15, -0.1) is 0 Å². The van der Waals surface area contributed by atoms with Crippen LogP contribution in [0.2, 0.25) is 0 Å². The Balaban J connectivity index is 1.86.